The smallest absolute Gasteiger partial charge is 0.306 e. The quantitative estimate of drug-likeness (QED) is 0.497. The lowest BCUT2D eigenvalue weighted by Gasteiger charge is -2.41. The minimum atomic E-state index is -1.37. The van der Waals surface area contributed by atoms with Gasteiger partial charge in [-0.25, -0.2) is 0 Å². The molecule has 6 heteroatoms. The van der Waals surface area contributed by atoms with Gasteiger partial charge in [0, 0.05) is 0 Å². The van der Waals surface area contributed by atoms with Gasteiger partial charge in [-0.3, -0.25) is 4.79 Å². The molecule has 4 N–H and O–H groups in total. The number of aliphatic hydroxyl groups is 3. The van der Waals surface area contributed by atoms with Crippen LogP contribution < -0.4 is 0 Å². The van der Waals surface area contributed by atoms with Crippen LogP contribution in [-0.4, -0.2) is 56.9 Å². The Labute approximate surface area is 93.5 Å². The predicted octanol–water partition coefficient (Wildman–Crippen LogP) is -1.03. The first kappa shape index (κ1) is 13.4. The Balaban J connectivity index is 2.76. The number of ether oxygens (including phenoxy) is 1. The second-order valence-corrected chi connectivity index (χ2v) is 4.45. The Hall–Kier alpha value is -0.690. The summed E-state index contributed by atoms with van der Waals surface area (Å²) >= 11 is 0. The average Bonchev–Trinajstić information content (AvgIpc) is 2.18. The van der Waals surface area contributed by atoms with Gasteiger partial charge in [-0.2, -0.15) is 0 Å². The van der Waals surface area contributed by atoms with E-state index in [0.717, 1.165) is 0 Å². The van der Waals surface area contributed by atoms with Gasteiger partial charge in [-0.1, -0.05) is 13.8 Å². The highest BCUT2D eigenvalue weighted by Gasteiger charge is 2.45. The van der Waals surface area contributed by atoms with E-state index in [0.29, 0.717) is 0 Å². The van der Waals surface area contributed by atoms with Crippen molar-refractivity contribution in [2.24, 2.45) is 5.92 Å². The molecule has 6 nitrogen and oxygen atoms in total. The molecule has 94 valence electrons. The van der Waals surface area contributed by atoms with Crippen molar-refractivity contribution in [2.45, 2.75) is 50.8 Å². The number of aliphatic carboxylic acids is 1. The van der Waals surface area contributed by atoms with Crippen LogP contribution >= 0.6 is 0 Å². The van der Waals surface area contributed by atoms with E-state index in [1.807, 2.05) is 0 Å². The lowest BCUT2D eigenvalue weighted by atomic mass is 9.88. The number of aliphatic hydroxyl groups excluding tert-OH is 3. The minimum absolute atomic E-state index is 0.0755. The molecule has 0 aromatic carbocycles. The zero-order chi connectivity index (χ0) is 12.5. The summed E-state index contributed by atoms with van der Waals surface area (Å²) in [4.78, 5) is 10.5. The maximum Gasteiger partial charge on any atom is 0.306 e. The van der Waals surface area contributed by atoms with Gasteiger partial charge in [0.1, 0.15) is 18.3 Å². The first-order valence-electron chi connectivity index (χ1n) is 5.26. The maximum atomic E-state index is 10.5. The molecule has 1 heterocycles. The van der Waals surface area contributed by atoms with Crippen molar-refractivity contribution in [3.05, 3.63) is 0 Å². The SMILES string of the molecule is CC(C)[C@@H]1OC(CC(=O)O)[C@@H](O)[C@H](O)C1O. The summed E-state index contributed by atoms with van der Waals surface area (Å²) in [5.74, 6) is -1.19. The van der Waals surface area contributed by atoms with Crippen LogP contribution in [0.3, 0.4) is 0 Å². The first-order valence-corrected chi connectivity index (χ1v) is 5.26. The Bertz CT molecular complexity index is 254. The third-order valence-electron chi connectivity index (χ3n) is 2.78. The molecule has 1 saturated heterocycles. The number of rotatable bonds is 3. The molecule has 0 radical (unpaired) electrons. The maximum absolute atomic E-state index is 10.5. The van der Waals surface area contributed by atoms with Gasteiger partial charge in [-0.05, 0) is 5.92 Å². The van der Waals surface area contributed by atoms with Crippen molar-refractivity contribution in [1.29, 1.82) is 0 Å². The van der Waals surface area contributed by atoms with Crippen LogP contribution in [0.2, 0.25) is 0 Å². The van der Waals surface area contributed by atoms with Gasteiger partial charge in [0.25, 0.3) is 0 Å². The number of hydrogen-bond donors (Lipinski definition) is 4. The molecule has 0 amide bonds. The largest absolute Gasteiger partial charge is 0.481 e. The van der Waals surface area contributed by atoms with E-state index in [1.54, 1.807) is 13.8 Å². The lowest BCUT2D eigenvalue weighted by molar-refractivity contribution is -0.233. The van der Waals surface area contributed by atoms with E-state index in [9.17, 15) is 20.1 Å². The van der Waals surface area contributed by atoms with Crippen LogP contribution in [0.5, 0.6) is 0 Å². The van der Waals surface area contributed by atoms with Gasteiger partial charge < -0.3 is 25.2 Å². The molecule has 16 heavy (non-hydrogen) atoms. The van der Waals surface area contributed by atoms with Crippen molar-refractivity contribution in [1.82, 2.24) is 0 Å². The van der Waals surface area contributed by atoms with E-state index < -0.39 is 42.9 Å². The highest BCUT2D eigenvalue weighted by atomic mass is 16.5. The molecule has 2 unspecified atom stereocenters. The fourth-order valence-corrected chi connectivity index (χ4v) is 1.87. The van der Waals surface area contributed by atoms with Gasteiger partial charge in [-0.15, -0.1) is 0 Å². The Morgan fingerprint density at radius 1 is 1.19 bits per heavy atom. The summed E-state index contributed by atoms with van der Waals surface area (Å²) in [5.41, 5.74) is 0. The standard InChI is InChI=1S/C10H18O6/c1-4(2)10-9(15)8(14)7(13)5(16-10)3-6(11)12/h4-5,7-10,13-15H,3H2,1-2H3,(H,11,12)/t5?,7-,8+,9?,10+/m1/s1. The number of carbonyl (C=O) groups is 1. The second-order valence-electron chi connectivity index (χ2n) is 4.45. The lowest BCUT2D eigenvalue weighted by Crippen LogP contribution is -2.59. The van der Waals surface area contributed by atoms with Crippen molar-refractivity contribution >= 4 is 5.97 Å². The molecule has 0 aromatic heterocycles. The topological polar surface area (TPSA) is 107 Å². The van der Waals surface area contributed by atoms with Gasteiger partial charge in [0.2, 0.25) is 0 Å². The first-order chi connectivity index (χ1) is 7.34. The summed E-state index contributed by atoms with van der Waals surface area (Å²) < 4.78 is 5.31. The fraction of sp³-hybridized carbons (Fsp3) is 0.900. The van der Waals surface area contributed by atoms with Crippen LogP contribution in [0.4, 0.5) is 0 Å². The summed E-state index contributed by atoms with van der Waals surface area (Å²) in [6.45, 7) is 3.58. The molecular formula is C10H18O6. The van der Waals surface area contributed by atoms with E-state index in [1.165, 1.54) is 0 Å². The average molecular weight is 234 g/mol. The number of carboxylic acids is 1. The van der Waals surface area contributed by atoms with Crippen LogP contribution in [-0.2, 0) is 9.53 Å². The second kappa shape index (κ2) is 5.09. The van der Waals surface area contributed by atoms with Crippen molar-refractivity contribution < 1.29 is 30.0 Å². The third kappa shape index (κ3) is 2.70. The van der Waals surface area contributed by atoms with E-state index >= 15 is 0 Å². The third-order valence-corrected chi connectivity index (χ3v) is 2.78. The van der Waals surface area contributed by atoms with Crippen molar-refractivity contribution in [2.75, 3.05) is 0 Å². The normalized spacial score (nSPS) is 40.0. The van der Waals surface area contributed by atoms with Gasteiger partial charge in [0.05, 0.1) is 18.6 Å². The van der Waals surface area contributed by atoms with Gasteiger partial charge >= 0.3 is 5.97 Å². The monoisotopic (exact) mass is 234 g/mol. The number of carboxylic acid groups (broad SMARTS) is 1. The number of hydrogen-bond acceptors (Lipinski definition) is 5. The summed E-state index contributed by atoms with van der Waals surface area (Å²) in [6.07, 6.45) is -5.98. The predicted molar refractivity (Wildman–Crippen MR) is 53.8 cm³/mol. The fourth-order valence-electron chi connectivity index (χ4n) is 1.87. The minimum Gasteiger partial charge on any atom is -0.481 e. The van der Waals surface area contributed by atoms with Crippen LogP contribution in [0.1, 0.15) is 20.3 Å². The Morgan fingerprint density at radius 2 is 1.75 bits per heavy atom. The van der Waals surface area contributed by atoms with Crippen molar-refractivity contribution in [3.63, 3.8) is 0 Å². The molecule has 1 rings (SSSR count). The zero-order valence-corrected chi connectivity index (χ0v) is 9.28. The Morgan fingerprint density at radius 3 is 2.19 bits per heavy atom. The molecule has 0 aromatic rings. The van der Waals surface area contributed by atoms with Gasteiger partial charge in [0.15, 0.2) is 0 Å². The highest BCUT2D eigenvalue weighted by Crippen LogP contribution is 2.27. The van der Waals surface area contributed by atoms with Crippen molar-refractivity contribution in [3.8, 4) is 0 Å². The summed E-state index contributed by atoms with van der Waals surface area (Å²) in [6, 6.07) is 0. The van der Waals surface area contributed by atoms with E-state index in [4.69, 9.17) is 9.84 Å². The molecule has 1 fully saturated rings. The molecule has 0 aliphatic carbocycles. The molecule has 0 spiro atoms. The van der Waals surface area contributed by atoms with E-state index in [-0.39, 0.29) is 5.92 Å². The van der Waals surface area contributed by atoms with Crippen LogP contribution in [0.25, 0.3) is 0 Å². The summed E-state index contributed by atoms with van der Waals surface area (Å²) in [7, 11) is 0. The highest BCUT2D eigenvalue weighted by molar-refractivity contribution is 5.67. The van der Waals surface area contributed by atoms with Crippen LogP contribution in [0, 0.1) is 5.92 Å². The molecular weight excluding hydrogens is 216 g/mol. The molecule has 0 saturated carbocycles. The Kier molecular flexibility index (Phi) is 4.26. The molecule has 1 aliphatic rings. The van der Waals surface area contributed by atoms with Crippen LogP contribution in [0.15, 0.2) is 0 Å². The molecule has 1 aliphatic heterocycles. The molecule has 5 atom stereocenters. The van der Waals surface area contributed by atoms with E-state index in [2.05, 4.69) is 0 Å². The summed E-state index contributed by atoms with van der Waals surface area (Å²) in [5, 5.41) is 37.4. The molecule has 0 bridgehead atoms. The zero-order valence-electron chi connectivity index (χ0n) is 9.28.